The second kappa shape index (κ2) is 9.86. The quantitative estimate of drug-likeness (QED) is 0.468. The molecule has 1 aromatic heterocycles. The van der Waals surface area contributed by atoms with E-state index >= 15 is 0 Å². The smallest absolute Gasteiger partial charge is 0.234 e. The molecule has 1 heterocycles. The summed E-state index contributed by atoms with van der Waals surface area (Å²) in [6, 6.07) is 9.94. The summed E-state index contributed by atoms with van der Waals surface area (Å²) in [6.45, 7) is 2.39. The van der Waals surface area contributed by atoms with Crippen molar-refractivity contribution in [3.8, 4) is 0 Å². The lowest BCUT2D eigenvalue weighted by molar-refractivity contribution is 0.599. The lowest BCUT2D eigenvalue weighted by Gasteiger charge is -2.13. The minimum absolute atomic E-state index is 0.160. The highest BCUT2D eigenvalue weighted by Crippen LogP contribution is 2.14. The maximum atomic E-state index is 13.5. The molecule has 0 unspecified atom stereocenters. The van der Waals surface area contributed by atoms with Crippen LogP contribution in [0, 0.1) is 12.7 Å². The molecule has 0 saturated heterocycles. The predicted molar refractivity (Wildman–Crippen MR) is 106 cm³/mol. The molecule has 0 aliphatic heterocycles. The zero-order valence-electron chi connectivity index (χ0n) is 15.4. The first-order chi connectivity index (χ1) is 12.9. The van der Waals surface area contributed by atoms with Gasteiger partial charge in [0.15, 0.2) is 5.96 Å². The first-order valence-corrected chi connectivity index (χ1v) is 10.2. The Morgan fingerprint density at radius 3 is 2.63 bits per heavy atom. The highest BCUT2D eigenvalue weighted by atomic mass is 32.2. The summed E-state index contributed by atoms with van der Waals surface area (Å²) in [7, 11) is -1.99. The Balaban J connectivity index is 1.76. The average Bonchev–Trinajstić information content (AvgIpc) is 2.64. The summed E-state index contributed by atoms with van der Waals surface area (Å²) in [5.41, 5.74) is 1.62. The van der Waals surface area contributed by atoms with Crippen LogP contribution in [-0.2, 0) is 16.4 Å². The van der Waals surface area contributed by atoms with Crippen LogP contribution in [0.1, 0.15) is 11.3 Å². The first-order valence-electron chi connectivity index (χ1n) is 8.51. The van der Waals surface area contributed by atoms with Crippen LogP contribution in [0.25, 0.3) is 0 Å². The number of benzene rings is 1. The highest BCUT2D eigenvalue weighted by Gasteiger charge is 2.11. The van der Waals surface area contributed by atoms with Gasteiger partial charge in [-0.2, -0.15) is 0 Å². The molecule has 3 N–H and O–H groups in total. The van der Waals surface area contributed by atoms with Gasteiger partial charge in [0.25, 0.3) is 0 Å². The predicted octanol–water partition coefficient (Wildman–Crippen LogP) is 1.68. The number of guanidine groups is 1. The number of aromatic nitrogens is 1. The number of nitrogens with zero attached hydrogens (tertiary/aromatic N) is 2. The van der Waals surface area contributed by atoms with Gasteiger partial charge in [0.05, 0.1) is 11.4 Å². The summed E-state index contributed by atoms with van der Waals surface area (Å²) in [5, 5.41) is 6.04. The summed E-state index contributed by atoms with van der Waals surface area (Å²) in [4.78, 5) is 8.29. The molecule has 9 heteroatoms. The number of sulfonamides is 1. The molecular formula is C18H24FN5O2S. The number of rotatable bonds is 8. The van der Waals surface area contributed by atoms with Crippen LogP contribution < -0.4 is 15.4 Å². The van der Waals surface area contributed by atoms with E-state index in [-0.39, 0.29) is 18.0 Å². The largest absolute Gasteiger partial charge is 0.356 e. The normalized spacial score (nSPS) is 11.9. The van der Waals surface area contributed by atoms with Crippen LogP contribution in [0.4, 0.5) is 10.1 Å². The number of aryl methyl sites for hydroxylation is 1. The number of hydrogen-bond donors (Lipinski definition) is 3. The van der Waals surface area contributed by atoms with Gasteiger partial charge in [0.2, 0.25) is 10.0 Å². The number of anilines is 1. The van der Waals surface area contributed by atoms with E-state index in [2.05, 4.69) is 25.3 Å². The molecule has 0 bridgehead atoms. The van der Waals surface area contributed by atoms with Gasteiger partial charge >= 0.3 is 0 Å². The van der Waals surface area contributed by atoms with Gasteiger partial charge in [-0.25, -0.2) is 12.8 Å². The monoisotopic (exact) mass is 393 g/mol. The van der Waals surface area contributed by atoms with E-state index in [0.29, 0.717) is 18.1 Å². The van der Waals surface area contributed by atoms with Crippen molar-refractivity contribution in [3.05, 3.63) is 59.7 Å². The molecule has 0 aliphatic carbocycles. The molecule has 146 valence electrons. The zero-order valence-corrected chi connectivity index (χ0v) is 16.2. The van der Waals surface area contributed by atoms with E-state index in [1.165, 1.54) is 18.2 Å². The minimum atomic E-state index is -3.60. The van der Waals surface area contributed by atoms with Crippen molar-refractivity contribution in [2.75, 3.05) is 30.6 Å². The van der Waals surface area contributed by atoms with Crippen molar-refractivity contribution in [2.24, 2.45) is 4.99 Å². The molecule has 0 radical (unpaired) electrons. The van der Waals surface area contributed by atoms with Gasteiger partial charge in [-0.15, -0.1) is 0 Å². The Hall–Kier alpha value is -2.68. The molecule has 1 aromatic carbocycles. The van der Waals surface area contributed by atoms with Crippen molar-refractivity contribution in [3.63, 3.8) is 0 Å². The van der Waals surface area contributed by atoms with E-state index in [1.807, 2.05) is 18.2 Å². The van der Waals surface area contributed by atoms with E-state index in [1.54, 1.807) is 20.2 Å². The standard InChI is InChI=1S/C18H24FN5O2S/c1-14-6-7-16(13-17(14)19)24-27(25,26)12-11-23-18(20-2)22-10-8-15-5-3-4-9-21-15/h3-7,9,13,24H,8,10-12H2,1-2H3,(H2,20,22,23). The molecule has 0 saturated carbocycles. The van der Waals surface area contributed by atoms with Crippen LogP contribution in [0.5, 0.6) is 0 Å². The summed E-state index contributed by atoms with van der Waals surface area (Å²) < 4.78 is 40.1. The first kappa shape index (κ1) is 20.6. The Morgan fingerprint density at radius 2 is 1.96 bits per heavy atom. The van der Waals surface area contributed by atoms with Crippen molar-refractivity contribution in [1.29, 1.82) is 0 Å². The van der Waals surface area contributed by atoms with Gasteiger partial charge in [-0.05, 0) is 36.8 Å². The fourth-order valence-electron chi connectivity index (χ4n) is 2.27. The van der Waals surface area contributed by atoms with Gasteiger partial charge in [-0.1, -0.05) is 12.1 Å². The van der Waals surface area contributed by atoms with Gasteiger partial charge < -0.3 is 10.6 Å². The Labute approximate surface area is 159 Å². The average molecular weight is 393 g/mol. The number of nitrogens with one attached hydrogen (secondary N) is 3. The molecular weight excluding hydrogens is 369 g/mol. The van der Waals surface area contributed by atoms with Crippen molar-refractivity contribution in [2.45, 2.75) is 13.3 Å². The molecule has 0 aliphatic rings. The van der Waals surface area contributed by atoms with Gasteiger partial charge in [0.1, 0.15) is 5.82 Å². The van der Waals surface area contributed by atoms with Crippen molar-refractivity contribution < 1.29 is 12.8 Å². The van der Waals surface area contributed by atoms with Crippen LogP contribution in [-0.4, -0.2) is 45.3 Å². The zero-order chi connectivity index (χ0) is 19.7. The molecule has 2 rings (SSSR count). The third kappa shape index (κ3) is 7.22. The number of aliphatic imine (C=N–C) groups is 1. The summed E-state index contributed by atoms with van der Waals surface area (Å²) in [5.74, 6) is -0.128. The fraction of sp³-hybridized carbons (Fsp3) is 0.333. The third-order valence-corrected chi connectivity index (χ3v) is 5.02. The number of pyridine rings is 1. The van der Waals surface area contributed by atoms with Crippen LogP contribution in [0.15, 0.2) is 47.6 Å². The second-order valence-corrected chi connectivity index (χ2v) is 7.72. The Bertz CT molecular complexity index is 873. The van der Waals surface area contributed by atoms with E-state index in [9.17, 15) is 12.8 Å². The van der Waals surface area contributed by atoms with E-state index < -0.39 is 15.8 Å². The Kier molecular flexibility index (Phi) is 7.54. The number of hydrogen-bond acceptors (Lipinski definition) is 4. The SMILES string of the molecule is CN=C(NCCc1ccccn1)NCCS(=O)(=O)Nc1ccc(C)c(F)c1. The topological polar surface area (TPSA) is 95.5 Å². The minimum Gasteiger partial charge on any atom is -0.356 e. The molecule has 0 amide bonds. The molecule has 7 nitrogen and oxygen atoms in total. The number of halogens is 1. The fourth-order valence-corrected chi connectivity index (χ4v) is 3.23. The highest BCUT2D eigenvalue weighted by molar-refractivity contribution is 7.92. The molecule has 27 heavy (non-hydrogen) atoms. The van der Waals surface area contributed by atoms with E-state index in [0.717, 1.165) is 12.1 Å². The van der Waals surface area contributed by atoms with Crippen LogP contribution >= 0.6 is 0 Å². The van der Waals surface area contributed by atoms with Gasteiger partial charge in [0, 0.05) is 38.4 Å². The lowest BCUT2D eigenvalue weighted by Crippen LogP contribution is -2.41. The third-order valence-electron chi connectivity index (χ3n) is 3.73. The molecule has 2 aromatic rings. The Morgan fingerprint density at radius 1 is 1.19 bits per heavy atom. The van der Waals surface area contributed by atoms with Crippen LogP contribution in [0.2, 0.25) is 0 Å². The maximum absolute atomic E-state index is 13.5. The lowest BCUT2D eigenvalue weighted by atomic mass is 10.2. The molecule has 0 spiro atoms. The summed E-state index contributed by atoms with van der Waals surface area (Å²) in [6.07, 6.45) is 2.46. The van der Waals surface area contributed by atoms with E-state index in [4.69, 9.17) is 0 Å². The van der Waals surface area contributed by atoms with Crippen LogP contribution in [0.3, 0.4) is 0 Å². The molecule has 0 atom stereocenters. The maximum Gasteiger partial charge on any atom is 0.234 e. The second-order valence-electron chi connectivity index (χ2n) is 5.88. The van der Waals surface area contributed by atoms with Crippen molar-refractivity contribution >= 4 is 21.7 Å². The summed E-state index contributed by atoms with van der Waals surface area (Å²) >= 11 is 0. The van der Waals surface area contributed by atoms with Gasteiger partial charge in [-0.3, -0.25) is 14.7 Å². The van der Waals surface area contributed by atoms with Crippen molar-refractivity contribution in [1.82, 2.24) is 15.6 Å². The molecule has 0 fully saturated rings.